The van der Waals surface area contributed by atoms with E-state index in [4.69, 9.17) is 0 Å². The van der Waals surface area contributed by atoms with Gasteiger partial charge in [-0.2, -0.15) is 0 Å². The molecule has 1 aliphatic carbocycles. The summed E-state index contributed by atoms with van der Waals surface area (Å²) in [6.07, 6.45) is 10.8. The Balaban J connectivity index is 2.56. The Morgan fingerprint density at radius 3 is 2.93 bits per heavy atom. The molecule has 0 bridgehead atoms. The highest BCUT2D eigenvalue weighted by molar-refractivity contribution is 4.89. The van der Waals surface area contributed by atoms with Gasteiger partial charge in [0.25, 0.3) is 0 Å². The van der Waals surface area contributed by atoms with Crippen molar-refractivity contribution >= 4 is 0 Å². The smallest absolute Gasteiger partial charge is 0.104 e. The minimum absolute atomic E-state index is 0.250. The summed E-state index contributed by atoms with van der Waals surface area (Å²) in [5.74, 6) is 0. The van der Waals surface area contributed by atoms with E-state index in [9.17, 15) is 4.39 Å². The van der Waals surface area contributed by atoms with Gasteiger partial charge in [0, 0.05) is 0 Å². The van der Waals surface area contributed by atoms with E-state index in [0.717, 1.165) is 12.8 Å². The number of alkyl halides is 1. The molecule has 1 rings (SSSR count). The molecule has 0 fully saturated rings. The van der Waals surface area contributed by atoms with E-state index in [0.29, 0.717) is 6.42 Å². The fourth-order valence-corrected chi connectivity index (χ4v) is 2.56. The van der Waals surface area contributed by atoms with Crippen molar-refractivity contribution in [2.45, 2.75) is 65.0 Å². The van der Waals surface area contributed by atoms with Gasteiger partial charge in [-0.3, -0.25) is 0 Å². The van der Waals surface area contributed by atoms with Gasteiger partial charge in [-0.25, -0.2) is 4.39 Å². The van der Waals surface area contributed by atoms with E-state index in [-0.39, 0.29) is 5.41 Å². The molecule has 2 atom stereocenters. The van der Waals surface area contributed by atoms with Crippen LogP contribution in [0.4, 0.5) is 4.39 Å². The molecule has 0 aromatic carbocycles. The van der Waals surface area contributed by atoms with E-state index in [1.165, 1.54) is 25.7 Å². The highest BCUT2D eigenvalue weighted by Crippen LogP contribution is 2.37. The number of allylic oxidation sites excluding steroid dienone is 2. The first-order chi connectivity index (χ1) is 6.66. The van der Waals surface area contributed by atoms with Crippen LogP contribution in [0.3, 0.4) is 0 Å². The fraction of sp³-hybridized carbons (Fsp3) is 0.846. The molecule has 0 heterocycles. The van der Waals surface area contributed by atoms with Gasteiger partial charge < -0.3 is 0 Å². The van der Waals surface area contributed by atoms with Crippen LogP contribution in [0.15, 0.2) is 12.2 Å². The van der Waals surface area contributed by atoms with Crippen molar-refractivity contribution < 1.29 is 4.39 Å². The molecule has 82 valence electrons. The molecular formula is C13H23F. The summed E-state index contributed by atoms with van der Waals surface area (Å²) < 4.78 is 13.6. The van der Waals surface area contributed by atoms with Gasteiger partial charge in [-0.15, -0.1) is 0 Å². The summed E-state index contributed by atoms with van der Waals surface area (Å²) in [7, 11) is 0. The second-order valence-electron chi connectivity index (χ2n) is 4.96. The third-order valence-electron chi connectivity index (χ3n) is 3.28. The number of hydrogen-bond donors (Lipinski definition) is 0. The lowest BCUT2D eigenvalue weighted by Gasteiger charge is -2.30. The van der Waals surface area contributed by atoms with Gasteiger partial charge in [-0.05, 0) is 43.9 Å². The molecule has 0 spiro atoms. The number of hydrogen-bond acceptors (Lipinski definition) is 0. The van der Waals surface area contributed by atoms with Gasteiger partial charge in [0.2, 0.25) is 0 Å². The fourth-order valence-electron chi connectivity index (χ4n) is 2.56. The Hall–Kier alpha value is -0.330. The van der Waals surface area contributed by atoms with Crippen molar-refractivity contribution in [1.82, 2.24) is 0 Å². The molecule has 0 N–H and O–H groups in total. The van der Waals surface area contributed by atoms with Crippen molar-refractivity contribution in [3.05, 3.63) is 12.2 Å². The Morgan fingerprint density at radius 1 is 1.43 bits per heavy atom. The van der Waals surface area contributed by atoms with E-state index in [2.05, 4.69) is 19.9 Å². The van der Waals surface area contributed by atoms with Crippen LogP contribution in [-0.2, 0) is 0 Å². The molecule has 0 amide bonds. The molecule has 14 heavy (non-hydrogen) atoms. The molecule has 0 saturated carbocycles. The van der Waals surface area contributed by atoms with E-state index in [1.807, 2.05) is 6.08 Å². The number of rotatable bonds is 2. The van der Waals surface area contributed by atoms with Gasteiger partial charge in [-0.1, -0.05) is 32.4 Å². The van der Waals surface area contributed by atoms with Crippen LogP contribution in [0.2, 0.25) is 0 Å². The Labute approximate surface area is 87.6 Å². The predicted molar refractivity (Wildman–Crippen MR) is 60.1 cm³/mol. The van der Waals surface area contributed by atoms with Crippen LogP contribution in [0.5, 0.6) is 0 Å². The maximum atomic E-state index is 13.6. The second kappa shape index (κ2) is 5.53. The summed E-state index contributed by atoms with van der Waals surface area (Å²) in [5.41, 5.74) is 0.250. The maximum Gasteiger partial charge on any atom is 0.104 e. The third-order valence-corrected chi connectivity index (χ3v) is 3.28. The topological polar surface area (TPSA) is 0 Å². The first-order valence-electron chi connectivity index (χ1n) is 5.95. The van der Waals surface area contributed by atoms with Crippen LogP contribution in [0, 0.1) is 5.41 Å². The number of halogens is 1. The summed E-state index contributed by atoms with van der Waals surface area (Å²) in [6.45, 7) is 4.46. The van der Waals surface area contributed by atoms with Gasteiger partial charge in [0.1, 0.15) is 6.17 Å². The largest absolute Gasteiger partial charge is 0.247 e. The minimum atomic E-state index is -0.624. The molecule has 0 saturated heterocycles. The zero-order valence-electron chi connectivity index (χ0n) is 9.56. The molecule has 0 aromatic rings. The zero-order chi connectivity index (χ0) is 10.4. The zero-order valence-corrected chi connectivity index (χ0v) is 9.56. The first-order valence-corrected chi connectivity index (χ1v) is 5.95. The minimum Gasteiger partial charge on any atom is -0.247 e. The summed E-state index contributed by atoms with van der Waals surface area (Å²) >= 11 is 0. The second-order valence-corrected chi connectivity index (χ2v) is 4.96. The maximum absolute atomic E-state index is 13.6. The Morgan fingerprint density at radius 2 is 2.21 bits per heavy atom. The van der Waals surface area contributed by atoms with E-state index in [1.54, 1.807) is 0 Å². The lowest BCUT2D eigenvalue weighted by atomic mass is 9.76. The molecule has 0 nitrogen and oxygen atoms in total. The average molecular weight is 198 g/mol. The van der Waals surface area contributed by atoms with Gasteiger partial charge in [0.15, 0.2) is 0 Å². The first kappa shape index (κ1) is 11.7. The predicted octanol–water partition coefficient (Wildman–Crippen LogP) is 4.65. The van der Waals surface area contributed by atoms with Crippen molar-refractivity contribution in [1.29, 1.82) is 0 Å². The van der Waals surface area contributed by atoms with Crippen LogP contribution in [0.25, 0.3) is 0 Å². The third kappa shape index (κ3) is 3.81. The van der Waals surface area contributed by atoms with Crippen molar-refractivity contribution in [2.75, 3.05) is 0 Å². The standard InChI is InChI=1S/C13H23F/c1-3-9-13(2)10-7-5-4-6-8-12(14)11-13/h4,6,12H,3,5,7-11H2,1-2H3/b6-4+/t12-,13-/m1/s1. The molecule has 0 aliphatic heterocycles. The van der Waals surface area contributed by atoms with Crippen molar-refractivity contribution in [3.8, 4) is 0 Å². The highest BCUT2D eigenvalue weighted by Gasteiger charge is 2.26. The summed E-state index contributed by atoms with van der Waals surface area (Å²) in [4.78, 5) is 0. The normalized spacial score (nSPS) is 36.9. The molecule has 1 heteroatoms. The van der Waals surface area contributed by atoms with E-state index >= 15 is 0 Å². The van der Waals surface area contributed by atoms with Crippen LogP contribution >= 0.6 is 0 Å². The molecule has 0 unspecified atom stereocenters. The lowest BCUT2D eigenvalue weighted by Crippen LogP contribution is -2.21. The van der Waals surface area contributed by atoms with Gasteiger partial charge in [0.05, 0.1) is 0 Å². The van der Waals surface area contributed by atoms with Crippen LogP contribution in [0.1, 0.15) is 58.8 Å². The Kier molecular flexibility index (Phi) is 4.64. The van der Waals surface area contributed by atoms with Crippen molar-refractivity contribution in [2.24, 2.45) is 5.41 Å². The van der Waals surface area contributed by atoms with Crippen LogP contribution in [-0.4, -0.2) is 6.17 Å². The average Bonchev–Trinajstić information content (AvgIpc) is 2.17. The summed E-state index contributed by atoms with van der Waals surface area (Å²) in [6, 6.07) is 0. The van der Waals surface area contributed by atoms with Crippen molar-refractivity contribution in [3.63, 3.8) is 0 Å². The molecule has 0 radical (unpaired) electrons. The quantitative estimate of drug-likeness (QED) is 0.566. The molecule has 1 aliphatic rings. The van der Waals surface area contributed by atoms with E-state index < -0.39 is 6.17 Å². The van der Waals surface area contributed by atoms with Crippen LogP contribution < -0.4 is 0 Å². The Bertz CT molecular complexity index is 186. The molecule has 0 aromatic heterocycles. The lowest BCUT2D eigenvalue weighted by molar-refractivity contribution is 0.166. The van der Waals surface area contributed by atoms with Gasteiger partial charge >= 0.3 is 0 Å². The highest BCUT2D eigenvalue weighted by atomic mass is 19.1. The summed E-state index contributed by atoms with van der Waals surface area (Å²) in [5, 5.41) is 0. The molecular weight excluding hydrogens is 175 g/mol. The monoisotopic (exact) mass is 198 g/mol. The SMILES string of the molecule is CCC[C@]1(C)CCC/C=C/C[C@@H](F)C1.